The van der Waals surface area contributed by atoms with Crippen molar-refractivity contribution >= 4 is 22.6 Å². The topological polar surface area (TPSA) is 88.5 Å². The number of amidine groups is 1. The number of rotatable bonds is 3. The third-order valence-electron chi connectivity index (χ3n) is 7.30. The molecule has 4 atom stereocenters. The monoisotopic (exact) mass is 539 g/mol. The normalized spacial score (nSPS) is 37.1. The third kappa shape index (κ3) is 3.35. The highest BCUT2D eigenvalue weighted by Gasteiger charge is 2.90. The molecule has 0 radical (unpaired) electrons. The van der Waals surface area contributed by atoms with Crippen LogP contribution in [0.5, 0.6) is 0 Å². The second-order valence-electron chi connectivity index (χ2n) is 9.09. The third-order valence-corrected chi connectivity index (χ3v) is 8.50. The maximum atomic E-state index is 15.0. The Labute approximate surface area is 189 Å². The van der Waals surface area contributed by atoms with E-state index < -0.39 is 57.3 Å². The Morgan fingerprint density at radius 2 is 1.56 bits per heavy atom. The minimum atomic E-state index is -7.28. The van der Waals surface area contributed by atoms with E-state index in [9.17, 15) is 49.0 Å². The van der Waals surface area contributed by atoms with Gasteiger partial charge in [-0.15, -0.1) is 0 Å². The molecule has 3 rings (SSSR count). The Hall–Kier alpha value is -1.36. The molecule has 3 unspecified atom stereocenters. The number of thioether (sulfide) groups is 1. The molecule has 2 saturated carbocycles. The molecular weight excluding hydrogens is 519 g/mol. The highest BCUT2D eigenvalue weighted by molar-refractivity contribution is 8.15. The Balaban J connectivity index is 0.00000408. The Morgan fingerprint density at radius 1 is 1.03 bits per heavy atom. The van der Waals surface area contributed by atoms with Gasteiger partial charge < -0.3 is 10.6 Å². The van der Waals surface area contributed by atoms with Gasteiger partial charge in [0.05, 0.1) is 0 Å². The fourth-order valence-electron chi connectivity index (χ4n) is 4.62. The first-order chi connectivity index (χ1) is 14.5. The van der Waals surface area contributed by atoms with Gasteiger partial charge in [-0.2, -0.15) is 49.0 Å². The van der Waals surface area contributed by atoms with Crippen molar-refractivity contribution in [2.75, 3.05) is 0 Å². The standard InChI is InChI=1S/C17H18F11N3OS.H2O/c1-10(2)7-4-5-11(10,3)8(6-7)30-31-9-29-15(32,17(26,27)28)14(22,33-9)12(18,19)13(20,21)16(23,24)25;/h7,32H,4-6H2,1-3H3,(H,29,31);1H2/t7?,11-,14?,15?;/m1./s1. The van der Waals surface area contributed by atoms with Gasteiger partial charge in [0.2, 0.25) is 0 Å². The lowest BCUT2D eigenvalue weighted by atomic mass is 9.70. The number of hydrazone groups is 1. The van der Waals surface area contributed by atoms with Crippen LogP contribution in [-0.2, 0) is 0 Å². The van der Waals surface area contributed by atoms with Crippen molar-refractivity contribution in [3.05, 3.63) is 0 Å². The van der Waals surface area contributed by atoms with Crippen LogP contribution in [0.2, 0.25) is 0 Å². The van der Waals surface area contributed by atoms with E-state index in [1.54, 1.807) is 12.3 Å². The zero-order valence-electron chi connectivity index (χ0n) is 17.6. The molecule has 5 nitrogen and oxygen atoms in total. The smallest absolute Gasteiger partial charge is 0.412 e. The van der Waals surface area contributed by atoms with E-state index in [-0.39, 0.29) is 16.8 Å². The van der Waals surface area contributed by atoms with Crippen molar-refractivity contribution in [3.63, 3.8) is 0 Å². The molecule has 3 aliphatic rings. The first-order valence-corrected chi connectivity index (χ1v) is 10.2. The van der Waals surface area contributed by atoms with Crippen LogP contribution in [0.3, 0.4) is 0 Å². The van der Waals surface area contributed by atoms with E-state index >= 15 is 4.39 Å². The molecule has 0 saturated heterocycles. The van der Waals surface area contributed by atoms with E-state index in [0.717, 1.165) is 6.42 Å². The maximum absolute atomic E-state index is 15.0. The molecule has 0 amide bonds. The predicted octanol–water partition coefficient (Wildman–Crippen LogP) is 4.81. The number of nitrogens with zero attached hydrogens (tertiary/aromatic N) is 2. The van der Waals surface area contributed by atoms with Gasteiger partial charge in [-0.3, -0.25) is 5.43 Å². The second kappa shape index (κ2) is 7.57. The van der Waals surface area contributed by atoms with Crippen molar-refractivity contribution in [3.8, 4) is 0 Å². The molecule has 1 heterocycles. The van der Waals surface area contributed by atoms with Crippen LogP contribution in [0.15, 0.2) is 10.1 Å². The summed E-state index contributed by atoms with van der Waals surface area (Å²) in [5, 5.41) is 5.90. The predicted molar refractivity (Wildman–Crippen MR) is 99.2 cm³/mol. The zero-order chi connectivity index (χ0) is 25.7. The van der Waals surface area contributed by atoms with Gasteiger partial charge in [-0.05, 0) is 42.4 Å². The summed E-state index contributed by atoms with van der Waals surface area (Å²) in [6, 6.07) is 0. The molecule has 0 aromatic carbocycles. The largest absolute Gasteiger partial charge is 0.460 e. The van der Waals surface area contributed by atoms with E-state index in [4.69, 9.17) is 0 Å². The van der Waals surface area contributed by atoms with Crippen molar-refractivity contribution in [2.24, 2.45) is 26.8 Å². The summed E-state index contributed by atoms with van der Waals surface area (Å²) in [6.07, 6.45) is -11.9. The SMILES string of the molecule is CC1(C)C2CC[C@]1(C)C(=NNC1=NC(O)(C(F)(F)F)C(F)(C(F)(F)C(F)(F)C(F)(F)F)S1)C2.O. The van der Waals surface area contributed by atoms with Crippen molar-refractivity contribution in [1.82, 2.24) is 5.43 Å². The summed E-state index contributed by atoms with van der Waals surface area (Å²) in [5.74, 6) is -14.3. The van der Waals surface area contributed by atoms with Crippen molar-refractivity contribution in [1.29, 1.82) is 0 Å². The fraction of sp³-hybridized carbons (Fsp3) is 0.882. The molecule has 2 bridgehead atoms. The second-order valence-corrected chi connectivity index (χ2v) is 10.2. The molecule has 34 heavy (non-hydrogen) atoms. The summed E-state index contributed by atoms with van der Waals surface area (Å²) in [4.78, 5) is 2.32. The molecule has 1 aliphatic heterocycles. The molecule has 2 aliphatic carbocycles. The summed E-state index contributed by atoms with van der Waals surface area (Å²) >= 11 is -1.44. The first kappa shape index (κ1) is 28.9. The number of aliphatic hydroxyl groups is 1. The van der Waals surface area contributed by atoms with Crippen LogP contribution in [0.25, 0.3) is 0 Å². The fourth-order valence-corrected chi connectivity index (χ4v) is 5.71. The minimum Gasteiger partial charge on any atom is -0.412 e. The number of fused-ring (bicyclic) bond motifs is 2. The Bertz CT molecular complexity index is 904. The molecule has 4 N–H and O–H groups in total. The lowest BCUT2D eigenvalue weighted by Gasteiger charge is -2.41. The van der Waals surface area contributed by atoms with Gasteiger partial charge in [0.25, 0.3) is 5.00 Å². The van der Waals surface area contributed by atoms with Gasteiger partial charge in [0.15, 0.2) is 5.17 Å². The summed E-state index contributed by atoms with van der Waals surface area (Å²) in [5.41, 5.74) is -4.42. The van der Waals surface area contributed by atoms with Crippen LogP contribution in [0, 0.1) is 16.7 Å². The minimum absolute atomic E-state index is 0. The maximum Gasteiger partial charge on any atom is 0.460 e. The number of hydrogen-bond acceptors (Lipinski definition) is 5. The van der Waals surface area contributed by atoms with Crippen LogP contribution in [0.4, 0.5) is 48.3 Å². The van der Waals surface area contributed by atoms with E-state index in [1.165, 1.54) is 0 Å². The molecule has 2 fully saturated rings. The quantitative estimate of drug-likeness (QED) is 0.399. The highest BCUT2D eigenvalue weighted by atomic mass is 32.2. The molecular formula is C17H20F11N3O2S. The lowest BCUT2D eigenvalue weighted by Crippen LogP contribution is -2.70. The van der Waals surface area contributed by atoms with Gasteiger partial charge in [0, 0.05) is 11.1 Å². The Morgan fingerprint density at radius 3 is 1.94 bits per heavy atom. The van der Waals surface area contributed by atoms with Gasteiger partial charge in [-0.1, -0.05) is 20.8 Å². The van der Waals surface area contributed by atoms with Gasteiger partial charge >= 0.3 is 29.9 Å². The summed E-state index contributed by atoms with van der Waals surface area (Å²) in [7, 11) is 0. The average molecular weight is 539 g/mol. The highest BCUT2D eigenvalue weighted by Crippen LogP contribution is 2.66. The Kier molecular flexibility index (Phi) is 6.43. The van der Waals surface area contributed by atoms with Gasteiger partial charge in [0.1, 0.15) is 0 Å². The van der Waals surface area contributed by atoms with Crippen LogP contribution in [-0.4, -0.2) is 56.4 Å². The number of halogens is 11. The summed E-state index contributed by atoms with van der Waals surface area (Å²) in [6.45, 7) is 5.60. The molecule has 17 heteroatoms. The lowest BCUT2D eigenvalue weighted by molar-refractivity contribution is -0.396. The van der Waals surface area contributed by atoms with Crippen LogP contribution >= 0.6 is 11.8 Å². The van der Waals surface area contributed by atoms with Crippen LogP contribution < -0.4 is 5.43 Å². The first-order valence-electron chi connectivity index (χ1n) is 9.42. The number of aliphatic imine (C=N–C) groups is 1. The van der Waals surface area contributed by atoms with E-state index in [0.29, 0.717) is 18.6 Å². The molecule has 0 spiro atoms. The van der Waals surface area contributed by atoms with Gasteiger partial charge in [-0.25, -0.2) is 9.38 Å². The van der Waals surface area contributed by atoms with Crippen LogP contribution in [0.1, 0.15) is 40.0 Å². The van der Waals surface area contributed by atoms with E-state index in [2.05, 4.69) is 10.1 Å². The number of hydrogen-bond donors (Lipinski definition) is 2. The molecule has 0 aromatic rings. The average Bonchev–Trinajstić information content (AvgIpc) is 3.11. The zero-order valence-corrected chi connectivity index (χ0v) is 18.4. The summed E-state index contributed by atoms with van der Waals surface area (Å²) < 4.78 is 148. The number of alkyl halides is 11. The van der Waals surface area contributed by atoms with Crippen molar-refractivity contribution < 1.29 is 58.9 Å². The number of nitrogens with one attached hydrogen (secondary N) is 1. The van der Waals surface area contributed by atoms with Crippen molar-refractivity contribution in [2.45, 2.75) is 75.0 Å². The van der Waals surface area contributed by atoms with E-state index in [1.807, 2.05) is 13.8 Å². The molecule has 0 aromatic heterocycles. The molecule has 198 valence electrons.